The zero-order valence-electron chi connectivity index (χ0n) is 11.2. The summed E-state index contributed by atoms with van der Waals surface area (Å²) in [6.07, 6.45) is 2.61. The third kappa shape index (κ3) is 4.96. The summed E-state index contributed by atoms with van der Waals surface area (Å²) >= 11 is 5.90. The van der Waals surface area contributed by atoms with Crippen molar-refractivity contribution < 1.29 is 13.2 Å². The molecule has 1 N–H and O–H groups in total. The molecule has 0 aliphatic rings. The SMILES string of the molecule is C=CCN(CCNC(=O)c1ccccc1Cl)S(C)(=O)=O. The Kier molecular flexibility index (Phi) is 6.19. The lowest BCUT2D eigenvalue weighted by Crippen LogP contribution is -2.38. The maximum Gasteiger partial charge on any atom is 0.252 e. The van der Waals surface area contributed by atoms with Crippen LogP contribution in [0.2, 0.25) is 5.02 Å². The van der Waals surface area contributed by atoms with Crippen molar-refractivity contribution in [3.05, 3.63) is 47.5 Å². The number of sulfonamides is 1. The molecule has 0 spiro atoms. The summed E-state index contributed by atoms with van der Waals surface area (Å²) < 4.78 is 24.2. The fourth-order valence-corrected chi connectivity index (χ4v) is 2.59. The average molecular weight is 317 g/mol. The first-order valence-electron chi connectivity index (χ1n) is 5.95. The number of nitrogens with zero attached hydrogens (tertiary/aromatic N) is 1. The van der Waals surface area contributed by atoms with Crippen molar-refractivity contribution in [3.63, 3.8) is 0 Å². The van der Waals surface area contributed by atoms with E-state index in [0.29, 0.717) is 10.6 Å². The van der Waals surface area contributed by atoms with E-state index in [0.717, 1.165) is 6.26 Å². The molecule has 0 saturated heterocycles. The second-order valence-electron chi connectivity index (χ2n) is 4.15. The van der Waals surface area contributed by atoms with Crippen LogP contribution in [0.3, 0.4) is 0 Å². The van der Waals surface area contributed by atoms with Crippen molar-refractivity contribution in [1.82, 2.24) is 9.62 Å². The number of hydrogen-bond donors (Lipinski definition) is 1. The molecule has 0 saturated carbocycles. The van der Waals surface area contributed by atoms with E-state index in [1.807, 2.05) is 0 Å². The molecule has 0 bridgehead atoms. The number of rotatable bonds is 7. The second kappa shape index (κ2) is 7.42. The Bertz CT molecular complexity index is 587. The fourth-order valence-electron chi connectivity index (χ4n) is 1.57. The zero-order valence-corrected chi connectivity index (χ0v) is 12.7. The van der Waals surface area contributed by atoms with Crippen LogP contribution in [0, 0.1) is 0 Å². The van der Waals surface area contributed by atoms with E-state index in [1.54, 1.807) is 24.3 Å². The van der Waals surface area contributed by atoms with E-state index in [-0.39, 0.29) is 25.5 Å². The van der Waals surface area contributed by atoms with Crippen molar-refractivity contribution in [2.75, 3.05) is 25.9 Å². The van der Waals surface area contributed by atoms with E-state index in [4.69, 9.17) is 11.6 Å². The van der Waals surface area contributed by atoms with Crippen LogP contribution in [0.4, 0.5) is 0 Å². The first-order valence-corrected chi connectivity index (χ1v) is 8.17. The summed E-state index contributed by atoms with van der Waals surface area (Å²) in [4.78, 5) is 11.9. The highest BCUT2D eigenvalue weighted by atomic mass is 35.5. The normalized spacial score (nSPS) is 11.3. The maximum atomic E-state index is 11.9. The number of benzene rings is 1. The van der Waals surface area contributed by atoms with E-state index in [2.05, 4.69) is 11.9 Å². The lowest BCUT2D eigenvalue weighted by molar-refractivity contribution is 0.0952. The number of amides is 1. The highest BCUT2D eigenvalue weighted by molar-refractivity contribution is 7.88. The van der Waals surface area contributed by atoms with Gasteiger partial charge in [-0.05, 0) is 12.1 Å². The minimum Gasteiger partial charge on any atom is -0.351 e. The molecular formula is C13H17ClN2O3S. The molecule has 0 fully saturated rings. The van der Waals surface area contributed by atoms with Gasteiger partial charge in [-0.3, -0.25) is 4.79 Å². The zero-order chi connectivity index (χ0) is 15.2. The van der Waals surface area contributed by atoms with Gasteiger partial charge in [-0.1, -0.05) is 29.8 Å². The third-order valence-corrected chi connectivity index (χ3v) is 4.17. The number of halogens is 1. The highest BCUT2D eigenvalue weighted by Crippen LogP contribution is 2.14. The van der Waals surface area contributed by atoms with Crippen LogP contribution in [-0.4, -0.2) is 44.5 Å². The Hall–Kier alpha value is -1.37. The molecule has 110 valence electrons. The molecule has 0 radical (unpaired) electrons. The summed E-state index contributed by atoms with van der Waals surface area (Å²) in [5, 5.41) is 2.99. The first kappa shape index (κ1) is 16.7. The van der Waals surface area contributed by atoms with Gasteiger partial charge in [0.05, 0.1) is 16.8 Å². The molecule has 1 rings (SSSR count). The maximum absolute atomic E-state index is 11.9. The molecule has 7 heteroatoms. The number of carbonyl (C=O) groups is 1. The van der Waals surface area contributed by atoms with Crippen molar-refractivity contribution in [3.8, 4) is 0 Å². The smallest absolute Gasteiger partial charge is 0.252 e. The molecule has 0 heterocycles. The summed E-state index contributed by atoms with van der Waals surface area (Å²) in [7, 11) is -3.31. The van der Waals surface area contributed by atoms with E-state index in [1.165, 1.54) is 10.4 Å². The van der Waals surface area contributed by atoms with Crippen LogP contribution >= 0.6 is 11.6 Å². The Morgan fingerprint density at radius 1 is 1.45 bits per heavy atom. The molecule has 0 aromatic heterocycles. The van der Waals surface area contributed by atoms with Gasteiger partial charge in [0.15, 0.2) is 0 Å². The molecular weight excluding hydrogens is 300 g/mol. The molecule has 1 aromatic carbocycles. The molecule has 0 aliphatic heterocycles. The standard InChI is InChI=1S/C13H17ClN2O3S/c1-3-9-16(20(2,18)19)10-8-15-13(17)11-6-4-5-7-12(11)14/h3-7H,1,8-10H2,2H3,(H,15,17). The largest absolute Gasteiger partial charge is 0.351 e. The van der Waals surface area contributed by atoms with Crippen LogP contribution in [0.25, 0.3) is 0 Å². The Balaban J connectivity index is 2.57. The van der Waals surface area contributed by atoms with Gasteiger partial charge in [-0.2, -0.15) is 4.31 Å². The van der Waals surface area contributed by atoms with Gasteiger partial charge in [0.2, 0.25) is 10.0 Å². The van der Waals surface area contributed by atoms with Crippen LogP contribution in [0.5, 0.6) is 0 Å². The molecule has 1 amide bonds. The predicted molar refractivity (Wildman–Crippen MR) is 80.4 cm³/mol. The Morgan fingerprint density at radius 3 is 2.65 bits per heavy atom. The average Bonchev–Trinajstić information content (AvgIpc) is 2.37. The van der Waals surface area contributed by atoms with E-state index >= 15 is 0 Å². The van der Waals surface area contributed by atoms with Crippen LogP contribution in [0.1, 0.15) is 10.4 Å². The quantitative estimate of drug-likeness (QED) is 0.776. The number of nitrogens with one attached hydrogen (secondary N) is 1. The van der Waals surface area contributed by atoms with Gasteiger partial charge in [0.25, 0.3) is 5.91 Å². The lowest BCUT2D eigenvalue weighted by Gasteiger charge is -2.18. The molecule has 20 heavy (non-hydrogen) atoms. The summed E-state index contributed by atoms with van der Waals surface area (Å²) in [5.74, 6) is -0.331. The Morgan fingerprint density at radius 2 is 2.10 bits per heavy atom. The Labute approximate surface area is 124 Å². The monoisotopic (exact) mass is 316 g/mol. The minimum absolute atomic E-state index is 0.182. The van der Waals surface area contributed by atoms with Gasteiger partial charge < -0.3 is 5.32 Å². The van der Waals surface area contributed by atoms with Crippen molar-refractivity contribution in [2.24, 2.45) is 0 Å². The van der Waals surface area contributed by atoms with Gasteiger partial charge >= 0.3 is 0 Å². The van der Waals surface area contributed by atoms with Gasteiger partial charge in [0.1, 0.15) is 0 Å². The summed E-state index contributed by atoms with van der Waals surface area (Å²) in [6.45, 7) is 4.10. The molecule has 0 unspecified atom stereocenters. The minimum atomic E-state index is -3.31. The van der Waals surface area contributed by atoms with Crippen molar-refractivity contribution >= 4 is 27.5 Å². The van der Waals surface area contributed by atoms with Crippen LogP contribution in [0.15, 0.2) is 36.9 Å². The van der Waals surface area contributed by atoms with Crippen LogP contribution in [-0.2, 0) is 10.0 Å². The summed E-state index contributed by atoms with van der Waals surface area (Å²) in [6, 6.07) is 6.67. The topological polar surface area (TPSA) is 66.5 Å². The van der Waals surface area contributed by atoms with E-state index in [9.17, 15) is 13.2 Å². The van der Waals surface area contributed by atoms with Gasteiger partial charge in [-0.25, -0.2) is 8.42 Å². The molecule has 0 atom stereocenters. The predicted octanol–water partition coefficient (Wildman–Crippen LogP) is 1.52. The molecule has 0 aliphatic carbocycles. The summed E-state index contributed by atoms with van der Waals surface area (Å²) in [5.41, 5.74) is 0.365. The van der Waals surface area contributed by atoms with Crippen LogP contribution < -0.4 is 5.32 Å². The first-order chi connectivity index (χ1) is 9.36. The lowest BCUT2D eigenvalue weighted by atomic mass is 10.2. The fraction of sp³-hybridized carbons (Fsp3) is 0.308. The van der Waals surface area contributed by atoms with Gasteiger partial charge in [-0.15, -0.1) is 6.58 Å². The van der Waals surface area contributed by atoms with Crippen molar-refractivity contribution in [2.45, 2.75) is 0 Å². The molecule has 5 nitrogen and oxygen atoms in total. The number of hydrogen-bond acceptors (Lipinski definition) is 3. The van der Waals surface area contributed by atoms with Crippen molar-refractivity contribution in [1.29, 1.82) is 0 Å². The molecule has 1 aromatic rings. The van der Waals surface area contributed by atoms with Gasteiger partial charge in [0, 0.05) is 19.6 Å². The second-order valence-corrected chi connectivity index (χ2v) is 6.54. The number of carbonyl (C=O) groups excluding carboxylic acids is 1. The third-order valence-electron chi connectivity index (χ3n) is 2.57. The van der Waals surface area contributed by atoms with E-state index < -0.39 is 10.0 Å². The highest BCUT2D eigenvalue weighted by Gasteiger charge is 2.15.